The number of nitrogens with one attached hydrogen (secondary N) is 2. The summed E-state index contributed by atoms with van der Waals surface area (Å²) in [5, 5.41) is 22.0. The summed E-state index contributed by atoms with van der Waals surface area (Å²) in [5.74, 6) is 2.19. The fourth-order valence-corrected chi connectivity index (χ4v) is 3.87. The molecular weight excluding hydrogens is 414 g/mol. The Morgan fingerprint density at radius 3 is 2.59 bits per heavy atom. The Morgan fingerprint density at radius 1 is 1.00 bits per heavy atom. The molecule has 5 rings (SSSR count). The zero-order valence-corrected chi connectivity index (χ0v) is 17.5. The standard InChI is InChI=1S/C21H19N7O4/c1-30-12-6-4-5-11(9-12)17-16-18(20(29)24-23-17)22-21-25-26-27-28(21)19(16)14-10-13(31-2)7-8-15(14)32-3/h4-10,19H,1-3H3,(H,24,29)(H,22,25,27). The minimum atomic E-state index is -0.614. The van der Waals surface area contributed by atoms with Crippen LogP contribution in [-0.2, 0) is 0 Å². The van der Waals surface area contributed by atoms with Crippen LogP contribution in [0.25, 0.3) is 11.3 Å². The predicted octanol–water partition coefficient (Wildman–Crippen LogP) is 2.14. The molecule has 0 saturated heterocycles. The van der Waals surface area contributed by atoms with Crippen molar-refractivity contribution in [2.24, 2.45) is 0 Å². The molecule has 2 N–H and O–H groups in total. The molecule has 1 aliphatic rings. The number of rotatable bonds is 5. The van der Waals surface area contributed by atoms with Crippen LogP contribution < -0.4 is 25.1 Å². The summed E-state index contributed by atoms with van der Waals surface area (Å²) < 4.78 is 18.0. The van der Waals surface area contributed by atoms with Crippen molar-refractivity contribution in [3.8, 4) is 28.5 Å². The number of H-pyrrole nitrogens is 1. The van der Waals surface area contributed by atoms with Crippen LogP contribution >= 0.6 is 0 Å². The fourth-order valence-electron chi connectivity index (χ4n) is 3.87. The van der Waals surface area contributed by atoms with Crippen molar-refractivity contribution in [2.75, 3.05) is 26.6 Å². The highest BCUT2D eigenvalue weighted by Crippen LogP contribution is 2.44. The third kappa shape index (κ3) is 3.02. The number of anilines is 2. The highest BCUT2D eigenvalue weighted by Gasteiger charge is 2.36. The van der Waals surface area contributed by atoms with E-state index in [1.165, 1.54) is 0 Å². The first kappa shape index (κ1) is 19.5. The van der Waals surface area contributed by atoms with Gasteiger partial charge in [-0.25, -0.2) is 5.10 Å². The average molecular weight is 433 g/mol. The van der Waals surface area contributed by atoms with Gasteiger partial charge in [-0.1, -0.05) is 17.2 Å². The van der Waals surface area contributed by atoms with E-state index >= 15 is 0 Å². The number of benzene rings is 2. The molecule has 1 unspecified atom stereocenters. The molecule has 0 saturated carbocycles. The number of aromatic amines is 1. The van der Waals surface area contributed by atoms with Crippen molar-refractivity contribution in [1.82, 2.24) is 30.4 Å². The largest absolute Gasteiger partial charge is 0.497 e. The molecular formula is C21H19N7O4. The van der Waals surface area contributed by atoms with E-state index < -0.39 is 11.6 Å². The van der Waals surface area contributed by atoms with Crippen molar-refractivity contribution in [1.29, 1.82) is 0 Å². The SMILES string of the molecule is COc1cccc(-c2n[nH]c(=O)c3c2C(c2cc(OC)ccc2OC)n2nnnc2N3)c1. The Morgan fingerprint density at radius 2 is 1.81 bits per heavy atom. The minimum Gasteiger partial charge on any atom is -0.497 e. The van der Waals surface area contributed by atoms with Crippen molar-refractivity contribution in [2.45, 2.75) is 6.04 Å². The van der Waals surface area contributed by atoms with Crippen molar-refractivity contribution in [3.05, 3.63) is 63.9 Å². The van der Waals surface area contributed by atoms with Gasteiger partial charge in [-0.15, -0.1) is 0 Å². The Balaban J connectivity index is 1.84. The lowest BCUT2D eigenvalue weighted by Gasteiger charge is -2.29. The highest BCUT2D eigenvalue weighted by molar-refractivity contribution is 5.76. The Hall–Kier alpha value is -4.41. The lowest BCUT2D eigenvalue weighted by Crippen LogP contribution is -2.29. The van der Waals surface area contributed by atoms with Gasteiger partial charge in [0.2, 0.25) is 5.95 Å². The summed E-state index contributed by atoms with van der Waals surface area (Å²) in [7, 11) is 4.75. The summed E-state index contributed by atoms with van der Waals surface area (Å²) in [6, 6.07) is 12.2. The number of hydrogen-bond acceptors (Lipinski definition) is 9. The lowest BCUT2D eigenvalue weighted by molar-refractivity contribution is 0.392. The van der Waals surface area contributed by atoms with Gasteiger partial charge < -0.3 is 19.5 Å². The summed E-state index contributed by atoms with van der Waals surface area (Å²) in [4.78, 5) is 12.8. The van der Waals surface area contributed by atoms with E-state index in [9.17, 15) is 4.79 Å². The number of nitrogens with zero attached hydrogens (tertiary/aromatic N) is 5. The summed E-state index contributed by atoms with van der Waals surface area (Å²) >= 11 is 0. The monoisotopic (exact) mass is 433 g/mol. The Bertz CT molecular complexity index is 1360. The predicted molar refractivity (Wildman–Crippen MR) is 115 cm³/mol. The molecule has 0 amide bonds. The van der Waals surface area contributed by atoms with Gasteiger partial charge in [0, 0.05) is 16.7 Å². The molecule has 4 aromatic rings. The summed E-state index contributed by atoms with van der Waals surface area (Å²) in [5.41, 5.74) is 2.50. The van der Waals surface area contributed by atoms with Gasteiger partial charge in [0.25, 0.3) is 5.56 Å². The van der Waals surface area contributed by atoms with Gasteiger partial charge >= 0.3 is 0 Å². The Labute approximate surface area is 181 Å². The van der Waals surface area contributed by atoms with Crippen LogP contribution in [-0.4, -0.2) is 51.7 Å². The van der Waals surface area contributed by atoms with Crippen LogP contribution in [0.15, 0.2) is 47.3 Å². The van der Waals surface area contributed by atoms with E-state index in [0.29, 0.717) is 45.7 Å². The number of hydrogen-bond donors (Lipinski definition) is 2. The summed E-state index contributed by atoms with van der Waals surface area (Å²) in [6.07, 6.45) is 0. The molecule has 11 nitrogen and oxygen atoms in total. The van der Waals surface area contributed by atoms with Crippen molar-refractivity contribution >= 4 is 11.6 Å². The first-order valence-electron chi connectivity index (χ1n) is 9.68. The number of tetrazole rings is 1. The van der Waals surface area contributed by atoms with Crippen LogP contribution in [0.4, 0.5) is 11.6 Å². The number of fused-ring (bicyclic) bond motifs is 2. The molecule has 32 heavy (non-hydrogen) atoms. The van der Waals surface area contributed by atoms with E-state index in [0.717, 1.165) is 5.56 Å². The highest BCUT2D eigenvalue weighted by atomic mass is 16.5. The van der Waals surface area contributed by atoms with E-state index in [2.05, 4.69) is 31.0 Å². The molecule has 0 aliphatic carbocycles. The Kier molecular flexibility index (Phi) is 4.70. The number of aromatic nitrogens is 6. The van der Waals surface area contributed by atoms with Crippen molar-refractivity contribution < 1.29 is 14.2 Å². The van der Waals surface area contributed by atoms with E-state index in [-0.39, 0.29) is 0 Å². The lowest BCUT2D eigenvalue weighted by atomic mass is 9.91. The van der Waals surface area contributed by atoms with E-state index in [1.807, 2.05) is 30.3 Å². The molecule has 0 radical (unpaired) electrons. The van der Waals surface area contributed by atoms with Crippen LogP contribution in [0.1, 0.15) is 17.2 Å². The molecule has 0 fully saturated rings. The number of methoxy groups -OCH3 is 3. The maximum Gasteiger partial charge on any atom is 0.288 e. The molecule has 2 aromatic heterocycles. The van der Waals surface area contributed by atoms with E-state index in [4.69, 9.17) is 14.2 Å². The second-order valence-electron chi connectivity index (χ2n) is 7.00. The second kappa shape index (κ2) is 7.69. The maximum absolute atomic E-state index is 12.8. The fraction of sp³-hybridized carbons (Fsp3) is 0.190. The van der Waals surface area contributed by atoms with Gasteiger partial charge in [0.15, 0.2) is 0 Å². The molecule has 11 heteroatoms. The molecule has 3 heterocycles. The second-order valence-corrected chi connectivity index (χ2v) is 7.00. The average Bonchev–Trinajstić information content (AvgIpc) is 3.31. The van der Waals surface area contributed by atoms with Crippen LogP contribution in [0, 0.1) is 0 Å². The normalized spacial score (nSPS) is 14.2. The molecule has 162 valence electrons. The van der Waals surface area contributed by atoms with Crippen LogP contribution in [0.3, 0.4) is 0 Å². The maximum atomic E-state index is 12.8. The first-order chi connectivity index (χ1) is 15.6. The molecule has 1 aliphatic heterocycles. The van der Waals surface area contributed by atoms with Gasteiger partial charge in [0.05, 0.1) is 27.0 Å². The zero-order chi connectivity index (χ0) is 22.2. The van der Waals surface area contributed by atoms with Gasteiger partial charge in [-0.3, -0.25) is 4.79 Å². The topological polar surface area (TPSA) is 129 Å². The van der Waals surface area contributed by atoms with Gasteiger partial charge in [-0.05, 0) is 40.8 Å². The smallest absolute Gasteiger partial charge is 0.288 e. The van der Waals surface area contributed by atoms with Gasteiger partial charge in [-0.2, -0.15) is 9.78 Å². The summed E-state index contributed by atoms with van der Waals surface area (Å²) in [6.45, 7) is 0. The third-order valence-electron chi connectivity index (χ3n) is 5.34. The minimum absolute atomic E-state index is 0.301. The van der Waals surface area contributed by atoms with Crippen molar-refractivity contribution in [3.63, 3.8) is 0 Å². The van der Waals surface area contributed by atoms with Gasteiger partial charge in [0.1, 0.15) is 29.0 Å². The molecule has 2 aromatic carbocycles. The number of ether oxygens (including phenoxy) is 3. The molecule has 0 bridgehead atoms. The van der Waals surface area contributed by atoms with Crippen LogP contribution in [0.2, 0.25) is 0 Å². The first-order valence-corrected chi connectivity index (χ1v) is 9.68. The molecule has 1 atom stereocenters. The quantitative estimate of drug-likeness (QED) is 0.428. The van der Waals surface area contributed by atoms with E-state index in [1.54, 1.807) is 38.1 Å². The molecule has 0 spiro atoms. The van der Waals surface area contributed by atoms with Crippen LogP contribution in [0.5, 0.6) is 17.2 Å². The third-order valence-corrected chi connectivity index (χ3v) is 5.34. The zero-order valence-electron chi connectivity index (χ0n) is 17.5.